The molecule has 1 atom stereocenters. The van der Waals surface area contributed by atoms with Crippen molar-refractivity contribution in [3.63, 3.8) is 0 Å². The molecule has 0 saturated carbocycles. The van der Waals surface area contributed by atoms with E-state index < -0.39 is 12.0 Å². The number of rotatable bonds is 6. The van der Waals surface area contributed by atoms with Crippen LogP contribution in [0, 0.1) is 0 Å². The number of amides is 1. The summed E-state index contributed by atoms with van der Waals surface area (Å²) in [7, 11) is 0. The lowest BCUT2D eigenvalue weighted by atomic mass is 10.1. The summed E-state index contributed by atoms with van der Waals surface area (Å²) < 4.78 is 4.99. The van der Waals surface area contributed by atoms with Gasteiger partial charge in [-0.25, -0.2) is 4.79 Å². The fourth-order valence-electron chi connectivity index (χ4n) is 2.03. The lowest BCUT2D eigenvalue weighted by molar-refractivity contribution is -0.147. The summed E-state index contributed by atoms with van der Waals surface area (Å²) in [6, 6.07) is 7.12. The van der Waals surface area contributed by atoms with E-state index in [9.17, 15) is 9.59 Å². The van der Waals surface area contributed by atoms with Gasteiger partial charge in [-0.2, -0.15) is 0 Å². The van der Waals surface area contributed by atoms with Crippen LogP contribution in [-0.2, 0) is 20.7 Å². The molecule has 2 rings (SSSR count). The fraction of sp³-hybridized carbons (Fsp3) is 0.312. The van der Waals surface area contributed by atoms with Gasteiger partial charge in [0, 0.05) is 19.5 Å². The molecule has 2 aromatic heterocycles. The average Bonchev–Trinajstić information content (AvgIpc) is 3.01. The van der Waals surface area contributed by atoms with Crippen molar-refractivity contribution >= 4 is 23.2 Å². The molecule has 1 amide bonds. The second kappa shape index (κ2) is 7.70. The standard InChI is InChI=1S/C16H18N2O3S/c1-3-21-16(20)14(18-11(2)19)9-12-6-7-13(17-10-12)15-5-4-8-22-15/h4-8,10,14H,3,9H2,1-2H3,(H,18,19). The van der Waals surface area contributed by atoms with Crippen LogP contribution >= 0.6 is 11.3 Å². The van der Waals surface area contributed by atoms with Crippen LogP contribution in [0.15, 0.2) is 35.8 Å². The van der Waals surface area contributed by atoms with Crippen LogP contribution in [0.5, 0.6) is 0 Å². The molecule has 0 spiro atoms. The van der Waals surface area contributed by atoms with E-state index >= 15 is 0 Å². The lowest BCUT2D eigenvalue weighted by Gasteiger charge is -2.16. The summed E-state index contributed by atoms with van der Waals surface area (Å²) in [5, 5.41) is 4.61. The van der Waals surface area contributed by atoms with Crippen LogP contribution in [0.4, 0.5) is 0 Å². The molecule has 0 aliphatic heterocycles. The maximum atomic E-state index is 11.9. The van der Waals surface area contributed by atoms with Crippen LogP contribution in [0.1, 0.15) is 19.4 Å². The van der Waals surface area contributed by atoms with E-state index in [2.05, 4.69) is 10.3 Å². The van der Waals surface area contributed by atoms with Crippen LogP contribution < -0.4 is 5.32 Å². The minimum atomic E-state index is -0.688. The highest BCUT2D eigenvalue weighted by molar-refractivity contribution is 7.13. The Labute approximate surface area is 133 Å². The molecule has 0 bridgehead atoms. The number of esters is 1. The van der Waals surface area contributed by atoms with E-state index in [-0.39, 0.29) is 12.5 Å². The van der Waals surface area contributed by atoms with Crippen LogP contribution in [0.3, 0.4) is 0 Å². The molecular weight excluding hydrogens is 300 g/mol. The zero-order chi connectivity index (χ0) is 15.9. The number of hydrogen-bond donors (Lipinski definition) is 1. The van der Waals surface area contributed by atoms with Crippen molar-refractivity contribution < 1.29 is 14.3 Å². The fourth-order valence-corrected chi connectivity index (χ4v) is 2.73. The van der Waals surface area contributed by atoms with Gasteiger partial charge in [0.15, 0.2) is 0 Å². The normalized spacial score (nSPS) is 11.7. The predicted molar refractivity (Wildman–Crippen MR) is 85.5 cm³/mol. The number of carbonyl (C=O) groups is 2. The SMILES string of the molecule is CCOC(=O)C(Cc1ccc(-c2cccs2)nc1)NC(C)=O. The molecule has 2 heterocycles. The minimum Gasteiger partial charge on any atom is -0.464 e. The first kappa shape index (κ1) is 16.2. The molecule has 22 heavy (non-hydrogen) atoms. The van der Waals surface area contributed by atoms with E-state index in [0.29, 0.717) is 6.42 Å². The van der Waals surface area contributed by atoms with Crippen molar-refractivity contribution in [1.82, 2.24) is 10.3 Å². The zero-order valence-corrected chi connectivity index (χ0v) is 13.4. The van der Waals surface area contributed by atoms with E-state index in [1.54, 1.807) is 24.5 Å². The summed E-state index contributed by atoms with van der Waals surface area (Å²) >= 11 is 1.62. The van der Waals surface area contributed by atoms with Crippen LogP contribution in [-0.4, -0.2) is 29.5 Å². The van der Waals surface area contributed by atoms with Gasteiger partial charge in [-0.1, -0.05) is 12.1 Å². The molecule has 0 aliphatic carbocycles. The third-order valence-electron chi connectivity index (χ3n) is 2.99. The lowest BCUT2D eigenvalue weighted by Crippen LogP contribution is -2.42. The molecule has 0 fully saturated rings. The van der Waals surface area contributed by atoms with Gasteiger partial charge in [0.05, 0.1) is 17.2 Å². The van der Waals surface area contributed by atoms with Gasteiger partial charge < -0.3 is 10.1 Å². The highest BCUT2D eigenvalue weighted by atomic mass is 32.1. The van der Waals surface area contributed by atoms with Crippen molar-refractivity contribution in [3.05, 3.63) is 41.4 Å². The molecule has 0 radical (unpaired) electrons. The number of pyridine rings is 1. The number of nitrogens with zero attached hydrogens (tertiary/aromatic N) is 1. The van der Waals surface area contributed by atoms with E-state index in [1.165, 1.54) is 6.92 Å². The van der Waals surface area contributed by atoms with Crippen molar-refractivity contribution in [2.24, 2.45) is 0 Å². The van der Waals surface area contributed by atoms with Gasteiger partial charge in [-0.05, 0) is 30.0 Å². The Morgan fingerprint density at radius 3 is 2.73 bits per heavy atom. The molecule has 5 nitrogen and oxygen atoms in total. The molecule has 2 aromatic rings. The van der Waals surface area contributed by atoms with Gasteiger partial charge in [0.1, 0.15) is 6.04 Å². The second-order valence-corrected chi connectivity index (χ2v) is 5.69. The Hall–Kier alpha value is -2.21. The van der Waals surface area contributed by atoms with Gasteiger partial charge in [-0.15, -0.1) is 11.3 Å². The van der Waals surface area contributed by atoms with Gasteiger partial charge in [0.25, 0.3) is 0 Å². The highest BCUT2D eigenvalue weighted by Crippen LogP contribution is 2.22. The summed E-state index contributed by atoms with van der Waals surface area (Å²) in [4.78, 5) is 28.6. The number of nitrogens with one attached hydrogen (secondary N) is 1. The maximum absolute atomic E-state index is 11.9. The van der Waals surface area contributed by atoms with Crippen molar-refractivity contribution in [2.75, 3.05) is 6.61 Å². The highest BCUT2D eigenvalue weighted by Gasteiger charge is 2.21. The van der Waals surface area contributed by atoms with Gasteiger partial charge in [-0.3, -0.25) is 9.78 Å². The van der Waals surface area contributed by atoms with Gasteiger partial charge in [0.2, 0.25) is 5.91 Å². The number of hydrogen-bond acceptors (Lipinski definition) is 5. The Kier molecular flexibility index (Phi) is 5.66. The Bertz CT molecular complexity index is 623. The van der Waals surface area contributed by atoms with Crippen LogP contribution in [0.2, 0.25) is 0 Å². The summed E-state index contributed by atoms with van der Waals surface area (Å²) in [5.41, 5.74) is 1.76. The third-order valence-corrected chi connectivity index (χ3v) is 3.88. The van der Waals surface area contributed by atoms with Crippen molar-refractivity contribution in [2.45, 2.75) is 26.3 Å². The smallest absolute Gasteiger partial charge is 0.328 e. The Morgan fingerprint density at radius 2 is 2.18 bits per heavy atom. The third kappa shape index (κ3) is 4.39. The predicted octanol–water partition coefficient (Wildman–Crippen LogP) is 2.42. The molecule has 1 unspecified atom stereocenters. The zero-order valence-electron chi connectivity index (χ0n) is 12.5. The topological polar surface area (TPSA) is 68.3 Å². The number of carbonyl (C=O) groups excluding carboxylic acids is 2. The summed E-state index contributed by atoms with van der Waals surface area (Å²) in [6.07, 6.45) is 2.08. The first-order valence-electron chi connectivity index (χ1n) is 7.02. The maximum Gasteiger partial charge on any atom is 0.328 e. The molecule has 116 valence electrons. The second-order valence-electron chi connectivity index (χ2n) is 4.74. The first-order chi connectivity index (χ1) is 10.6. The minimum absolute atomic E-state index is 0.263. The number of thiophene rings is 1. The van der Waals surface area contributed by atoms with E-state index in [1.807, 2.05) is 29.6 Å². The molecular formula is C16H18N2O3S. The van der Waals surface area contributed by atoms with Gasteiger partial charge >= 0.3 is 5.97 Å². The quantitative estimate of drug-likeness (QED) is 0.831. The summed E-state index contributed by atoms with van der Waals surface area (Å²) in [6.45, 7) is 3.40. The molecule has 0 aliphatic rings. The van der Waals surface area contributed by atoms with Crippen LogP contribution in [0.25, 0.3) is 10.6 Å². The van der Waals surface area contributed by atoms with E-state index in [0.717, 1.165) is 16.1 Å². The monoisotopic (exact) mass is 318 g/mol. The van der Waals surface area contributed by atoms with Crippen molar-refractivity contribution in [1.29, 1.82) is 0 Å². The first-order valence-corrected chi connectivity index (χ1v) is 7.90. The molecule has 0 saturated heterocycles. The average molecular weight is 318 g/mol. The number of ether oxygens (including phenoxy) is 1. The van der Waals surface area contributed by atoms with Crippen molar-refractivity contribution in [3.8, 4) is 10.6 Å². The molecule has 1 N–H and O–H groups in total. The largest absolute Gasteiger partial charge is 0.464 e. The Balaban J connectivity index is 2.09. The molecule has 0 aromatic carbocycles. The summed E-state index contributed by atoms with van der Waals surface area (Å²) in [5.74, 6) is -0.693. The Morgan fingerprint density at radius 1 is 1.36 bits per heavy atom. The molecule has 6 heteroatoms. The number of aromatic nitrogens is 1. The van der Waals surface area contributed by atoms with E-state index in [4.69, 9.17) is 4.74 Å².